The van der Waals surface area contributed by atoms with Crippen LogP contribution in [0.2, 0.25) is 0 Å². The summed E-state index contributed by atoms with van der Waals surface area (Å²) in [5, 5.41) is 0. The predicted octanol–water partition coefficient (Wildman–Crippen LogP) is 1.50. The van der Waals surface area contributed by atoms with E-state index in [-0.39, 0.29) is 12.3 Å². The van der Waals surface area contributed by atoms with Gasteiger partial charge in [0.15, 0.2) is 0 Å². The molecule has 16 heavy (non-hydrogen) atoms. The van der Waals surface area contributed by atoms with E-state index in [1.54, 1.807) is 25.4 Å². The summed E-state index contributed by atoms with van der Waals surface area (Å²) in [4.78, 5) is 15.1. The summed E-state index contributed by atoms with van der Waals surface area (Å²) in [6.07, 6.45) is 8.49. The van der Waals surface area contributed by atoms with Gasteiger partial charge in [-0.15, -0.1) is 0 Å². The summed E-state index contributed by atoms with van der Waals surface area (Å²) < 4.78 is 4.88. The van der Waals surface area contributed by atoms with Crippen LogP contribution in [-0.4, -0.2) is 17.6 Å². The maximum atomic E-state index is 11.1. The molecule has 0 fully saturated rings. The van der Waals surface area contributed by atoms with Crippen molar-refractivity contribution >= 4 is 12.0 Å². The first-order valence-electron chi connectivity index (χ1n) is 4.89. The zero-order valence-electron chi connectivity index (χ0n) is 9.09. The molecule has 0 saturated carbocycles. The zero-order chi connectivity index (χ0) is 11.8. The van der Waals surface area contributed by atoms with E-state index in [9.17, 15) is 4.79 Å². The van der Waals surface area contributed by atoms with Crippen LogP contribution in [0.3, 0.4) is 0 Å². The number of carbonyl (C=O) groups excluding carboxylic acids is 1. The van der Waals surface area contributed by atoms with Crippen LogP contribution < -0.4 is 5.73 Å². The van der Waals surface area contributed by atoms with Crippen molar-refractivity contribution in [3.63, 3.8) is 0 Å². The van der Waals surface area contributed by atoms with Gasteiger partial charge in [0.2, 0.25) is 0 Å². The fraction of sp³-hybridized carbons (Fsp3) is 0.167. The van der Waals surface area contributed by atoms with Gasteiger partial charge in [0, 0.05) is 12.4 Å². The molecule has 84 valence electrons. The third-order valence-corrected chi connectivity index (χ3v) is 1.85. The molecule has 1 aromatic rings. The standard InChI is InChI=1S/C12H14N2O2/c1-2-11(13)12(15)16-8-4-6-10-5-3-7-14-9-10/h2-7,9H,8,13H2,1H3. The lowest BCUT2D eigenvalue weighted by Gasteiger charge is -2.00. The number of ether oxygens (including phenoxy) is 1. The van der Waals surface area contributed by atoms with E-state index >= 15 is 0 Å². The highest BCUT2D eigenvalue weighted by Gasteiger charge is 2.02. The number of nitrogens with two attached hydrogens (primary N) is 1. The molecular formula is C12H14N2O2. The van der Waals surface area contributed by atoms with Gasteiger partial charge >= 0.3 is 5.97 Å². The molecule has 0 aliphatic carbocycles. The lowest BCUT2D eigenvalue weighted by molar-refractivity contribution is -0.137. The summed E-state index contributed by atoms with van der Waals surface area (Å²) in [6.45, 7) is 1.88. The highest BCUT2D eigenvalue weighted by molar-refractivity contribution is 5.87. The van der Waals surface area contributed by atoms with Gasteiger partial charge in [0.1, 0.15) is 12.3 Å². The first-order chi connectivity index (χ1) is 7.74. The smallest absolute Gasteiger partial charge is 0.354 e. The van der Waals surface area contributed by atoms with Crippen LogP contribution in [0.25, 0.3) is 6.08 Å². The number of carbonyl (C=O) groups is 1. The van der Waals surface area contributed by atoms with Crippen molar-refractivity contribution in [3.8, 4) is 0 Å². The minimum absolute atomic E-state index is 0.120. The van der Waals surface area contributed by atoms with Crippen molar-refractivity contribution in [1.82, 2.24) is 4.98 Å². The van der Waals surface area contributed by atoms with Crippen molar-refractivity contribution in [1.29, 1.82) is 0 Å². The molecule has 1 aromatic heterocycles. The molecule has 1 heterocycles. The van der Waals surface area contributed by atoms with Crippen molar-refractivity contribution in [3.05, 3.63) is 47.9 Å². The average molecular weight is 218 g/mol. The Labute approximate surface area is 94.4 Å². The minimum Gasteiger partial charge on any atom is -0.457 e. The number of rotatable bonds is 4. The van der Waals surface area contributed by atoms with Crippen molar-refractivity contribution in [2.45, 2.75) is 6.92 Å². The summed E-state index contributed by atoms with van der Waals surface area (Å²) >= 11 is 0. The summed E-state index contributed by atoms with van der Waals surface area (Å²) in [5.74, 6) is -0.502. The zero-order valence-corrected chi connectivity index (χ0v) is 9.09. The molecule has 0 bridgehead atoms. The normalized spacial score (nSPS) is 11.7. The predicted molar refractivity (Wildman–Crippen MR) is 62.2 cm³/mol. The van der Waals surface area contributed by atoms with Crippen LogP contribution in [0.15, 0.2) is 42.4 Å². The molecule has 1 rings (SSSR count). The average Bonchev–Trinajstić information content (AvgIpc) is 2.34. The van der Waals surface area contributed by atoms with Gasteiger partial charge in [0.25, 0.3) is 0 Å². The minimum atomic E-state index is -0.502. The molecule has 0 radical (unpaired) electrons. The van der Waals surface area contributed by atoms with Crippen LogP contribution >= 0.6 is 0 Å². The fourth-order valence-corrected chi connectivity index (χ4v) is 0.984. The van der Waals surface area contributed by atoms with E-state index in [2.05, 4.69) is 4.98 Å². The summed E-state index contributed by atoms with van der Waals surface area (Å²) in [5.41, 5.74) is 6.44. The molecular weight excluding hydrogens is 204 g/mol. The lowest BCUT2D eigenvalue weighted by Crippen LogP contribution is -2.14. The van der Waals surface area contributed by atoms with Gasteiger partial charge in [-0.3, -0.25) is 4.98 Å². The molecule has 4 heteroatoms. The highest BCUT2D eigenvalue weighted by atomic mass is 16.5. The second-order valence-electron chi connectivity index (χ2n) is 3.03. The lowest BCUT2D eigenvalue weighted by atomic mass is 10.3. The first-order valence-corrected chi connectivity index (χ1v) is 4.89. The Hall–Kier alpha value is -2.10. The van der Waals surface area contributed by atoms with Gasteiger partial charge in [-0.25, -0.2) is 4.79 Å². The van der Waals surface area contributed by atoms with Crippen molar-refractivity contribution < 1.29 is 9.53 Å². The van der Waals surface area contributed by atoms with Crippen molar-refractivity contribution in [2.75, 3.05) is 6.61 Å². The molecule has 0 aliphatic rings. The second-order valence-corrected chi connectivity index (χ2v) is 3.03. The van der Waals surface area contributed by atoms with Gasteiger partial charge in [-0.1, -0.05) is 18.2 Å². The maximum absolute atomic E-state index is 11.1. The van der Waals surface area contributed by atoms with E-state index in [1.807, 2.05) is 18.2 Å². The molecule has 0 saturated heterocycles. The summed E-state index contributed by atoms with van der Waals surface area (Å²) in [7, 11) is 0. The van der Waals surface area contributed by atoms with Gasteiger partial charge in [-0.05, 0) is 24.6 Å². The van der Waals surface area contributed by atoms with Gasteiger partial charge in [-0.2, -0.15) is 0 Å². The highest BCUT2D eigenvalue weighted by Crippen LogP contribution is 1.98. The SMILES string of the molecule is CC=C(N)C(=O)OCC=Cc1cccnc1. The molecule has 0 unspecified atom stereocenters. The van der Waals surface area contributed by atoms with Gasteiger partial charge < -0.3 is 10.5 Å². The number of aromatic nitrogens is 1. The molecule has 4 nitrogen and oxygen atoms in total. The molecule has 0 aromatic carbocycles. The number of nitrogens with zero attached hydrogens (tertiary/aromatic N) is 1. The molecule has 0 amide bonds. The third kappa shape index (κ3) is 3.96. The number of allylic oxidation sites excluding steroid dienone is 1. The van der Waals surface area contributed by atoms with E-state index in [0.29, 0.717) is 0 Å². The van der Waals surface area contributed by atoms with E-state index in [4.69, 9.17) is 10.5 Å². The molecule has 0 spiro atoms. The monoisotopic (exact) mass is 218 g/mol. The third-order valence-electron chi connectivity index (χ3n) is 1.85. The number of hydrogen-bond acceptors (Lipinski definition) is 4. The number of esters is 1. The Morgan fingerprint density at radius 2 is 2.44 bits per heavy atom. The first kappa shape index (κ1) is 12.0. The molecule has 2 N–H and O–H groups in total. The Kier molecular flexibility index (Phi) is 4.79. The Morgan fingerprint density at radius 1 is 1.62 bits per heavy atom. The topological polar surface area (TPSA) is 65.2 Å². The van der Waals surface area contributed by atoms with Gasteiger partial charge in [0.05, 0.1) is 0 Å². The van der Waals surface area contributed by atoms with Crippen LogP contribution in [0.1, 0.15) is 12.5 Å². The van der Waals surface area contributed by atoms with Crippen LogP contribution in [0, 0.1) is 0 Å². The Bertz CT molecular complexity index is 397. The number of hydrogen-bond donors (Lipinski definition) is 1. The molecule has 0 aliphatic heterocycles. The van der Waals surface area contributed by atoms with Crippen LogP contribution in [0.5, 0.6) is 0 Å². The second kappa shape index (κ2) is 6.40. The largest absolute Gasteiger partial charge is 0.457 e. The quantitative estimate of drug-likeness (QED) is 0.614. The van der Waals surface area contributed by atoms with Crippen molar-refractivity contribution in [2.24, 2.45) is 5.73 Å². The Morgan fingerprint density at radius 3 is 3.06 bits per heavy atom. The Balaban J connectivity index is 2.37. The van der Waals surface area contributed by atoms with E-state index < -0.39 is 5.97 Å². The van der Waals surface area contributed by atoms with E-state index in [0.717, 1.165) is 5.56 Å². The molecule has 0 atom stereocenters. The maximum Gasteiger partial charge on any atom is 0.354 e. The van der Waals surface area contributed by atoms with Crippen LogP contribution in [-0.2, 0) is 9.53 Å². The summed E-state index contributed by atoms with van der Waals surface area (Å²) in [6, 6.07) is 3.75. The van der Waals surface area contributed by atoms with E-state index in [1.165, 1.54) is 6.08 Å². The fourth-order valence-electron chi connectivity index (χ4n) is 0.984. The number of pyridine rings is 1. The van der Waals surface area contributed by atoms with Crippen LogP contribution in [0.4, 0.5) is 0 Å².